The second kappa shape index (κ2) is 7.20. The van der Waals surface area contributed by atoms with Crippen LogP contribution in [0.25, 0.3) is 0 Å². The average Bonchev–Trinajstić information content (AvgIpc) is 2.27. The van der Waals surface area contributed by atoms with E-state index in [0.29, 0.717) is 13.1 Å². The second-order valence-corrected chi connectivity index (χ2v) is 4.94. The van der Waals surface area contributed by atoms with Crippen LogP contribution in [-0.4, -0.2) is 42.8 Å². The zero-order valence-electron chi connectivity index (χ0n) is 9.99. The Kier molecular flexibility index (Phi) is 6.22. The molecule has 1 fully saturated rings. The molecule has 0 aromatic rings. The zero-order valence-corrected chi connectivity index (χ0v) is 9.99. The summed E-state index contributed by atoms with van der Waals surface area (Å²) < 4.78 is 0. The van der Waals surface area contributed by atoms with Crippen LogP contribution >= 0.6 is 0 Å². The van der Waals surface area contributed by atoms with Gasteiger partial charge in [0.1, 0.15) is 0 Å². The number of likely N-dealkylation sites (N-methyl/N-ethyl adjacent to an activating group) is 1. The molecule has 3 nitrogen and oxygen atoms in total. The van der Waals surface area contributed by atoms with Crippen molar-refractivity contribution in [1.82, 2.24) is 4.90 Å². The van der Waals surface area contributed by atoms with Gasteiger partial charge >= 0.3 is 0 Å². The average molecular weight is 214 g/mol. The van der Waals surface area contributed by atoms with Crippen molar-refractivity contribution in [3.63, 3.8) is 0 Å². The van der Waals surface area contributed by atoms with Crippen molar-refractivity contribution in [3.05, 3.63) is 0 Å². The Bertz CT molecular complexity index is 158. The first-order valence-corrected chi connectivity index (χ1v) is 6.29. The standard InChI is InChI=1S/C12H26N2O/c1-14(10-12(15)9-13)8-7-11-5-3-2-4-6-11/h11-12,15H,2-10,13H2,1H3. The minimum Gasteiger partial charge on any atom is -0.390 e. The van der Waals surface area contributed by atoms with Gasteiger partial charge in [-0.2, -0.15) is 0 Å². The van der Waals surface area contributed by atoms with Crippen LogP contribution in [0.5, 0.6) is 0 Å². The molecular formula is C12H26N2O. The molecule has 1 saturated carbocycles. The lowest BCUT2D eigenvalue weighted by Crippen LogP contribution is -2.35. The van der Waals surface area contributed by atoms with E-state index >= 15 is 0 Å². The largest absolute Gasteiger partial charge is 0.390 e. The molecule has 1 aliphatic rings. The molecule has 0 heterocycles. The first kappa shape index (κ1) is 12.9. The maximum Gasteiger partial charge on any atom is 0.0788 e. The number of hydrogen-bond donors (Lipinski definition) is 2. The van der Waals surface area contributed by atoms with Crippen LogP contribution in [0.4, 0.5) is 0 Å². The molecule has 1 unspecified atom stereocenters. The first-order valence-electron chi connectivity index (χ1n) is 6.29. The van der Waals surface area contributed by atoms with Gasteiger partial charge in [0.2, 0.25) is 0 Å². The van der Waals surface area contributed by atoms with Gasteiger partial charge in [0.15, 0.2) is 0 Å². The fourth-order valence-corrected chi connectivity index (χ4v) is 2.40. The van der Waals surface area contributed by atoms with E-state index in [1.165, 1.54) is 38.5 Å². The van der Waals surface area contributed by atoms with Gasteiger partial charge in [-0.3, -0.25) is 0 Å². The lowest BCUT2D eigenvalue weighted by molar-refractivity contribution is 0.127. The highest BCUT2D eigenvalue weighted by molar-refractivity contribution is 4.68. The number of nitrogens with two attached hydrogens (primary N) is 1. The summed E-state index contributed by atoms with van der Waals surface area (Å²) in [5.74, 6) is 0.927. The Morgan fingerprint density at radius 1 is 1.33 bits per heavy atom. The molecule has 0 saturated heterocycles. The van der Waals surface area contributed by atoms with Gasteiger partial charge in [-0.05, 0) is 25.9 Å². The van der Waals surface area contributed by atoms with Gasteiger partial charge in [0.25, 0.3) is 0 Å². The topological polar surface area (TPSA) is 49.5 Å². The van der Waals surface area contributed by atoms with Gasteiger partial charge in [-0.15, -0.1) is 0 Å². The van der Waals surface area contributed by atoms with Gasteiger partial charge in [0.05, 0.1) is 6.10 Å². The van der Waals surface area contributed by atoms with E-state index in [2.05, 4.69) is 11.9 Å². The van der Waals surface area contributed by atoms with Gasteiger partial charge in [-0.25, -0.2) is 0 Å². The van der Waals surface area contributed by atoms with Crippen molar-refractivity contribution < 1.29 is 5.11 Å². The van der Waals surface area contributed by atoms with Crippen LogP contribution in [0.1, 0.15) is 38.5 Å². The summed E-state index contributed by atoms with van der Waals surface area (Å²) in [7, 11) is 2.07. The normalized spacial score (nSPS) is 20.8. The van der Waals surface area contributed by atoms with E-state index in [9.17, 15) is 5.11 Å². The molecule has 3 N–H and O–H groups in total. The van der Waals surface area contributed by atoms with Gasteiger partial charge in [-0.1, -0.05) is 32.1 Å². The fourth-order valence-electron chi connectivity index (χ4n) is 2.40. The first-order chi connectivity index (χ1) is 7.22. The van der Waals surface area contributed by atoms with Crippen molar-refractivity contribution in [2.75, 3.05) is 26.7 Å². The van der Waals surface area contributed by atoms with Crippen LogP contribution in [0, 0.1) is 5.92 Å². The molecule has 90 valence electrons. The van der Waals surface area contributed by atoms with Crippen molar-refractivity contribution in [2.24, 2.45) is 11.7 Å². The monoisotopic (exact) mass is 214 g/mol. The summed E-state index contributed by atoms with van der Waals surface area (Å²) in [6, 6.07) is 0. The SMILES string of the molecule is CN(CCC1CCCCC1)CC(O)CN. The maximum atomic E-state index is 9.40. The summed E-state index contributed by atoms with van der Waals surface area (Å²) in [6.45, 7) is 2.18. The maximum absolute atomic E-state index is 9.40. The van der Waals surface area contributed by atoms with Crippen molar-refractivity contribution in [2.45, 2.75) is 44.6 Å². The molecule has 0 bridgehead atoms. The molecular weight excluding hydrogens is 188 g/mol. The molecule has 15 heavy (non-hydrogen) atoms. The third-order valence-electron chi connectivity index (χ3n) is 3.44. The summed E-state index contributed by atoms with van der Waals surface area (Å²) in [6.07, 6.45) is 8.01. The number of nitrogens with zero attached hydrogens (tertiary/aromatic N) is 1. The third-order valence-corrected chi connectivity index (χ3v) is 3.44. The molecule has 0 aromatic heterocycles. The molecule has 1 rings (SSSR count). The minimum absolute atomic E-state index is 0.360. The predicted molar refractivity (Wildman–Crippen MR) is 63.8 cm³/mol. The lowest BCUT2D eigenvalue weighted by Gasteiger charge is -2.25. The highest BCUT2D eigenvalue weighted by Crippen LogP contribution is 2.26. The summed E-state index contributed by atoms with van der Waals surface area (Å²) in [5, 5.41) is 9.40. The number of rotatable bonds is 6. The number of aliphatic hydroxyl groups is 1. The molecule has 0 aliphatic heterocycles. The highest BCUT2D eigenvalue weighted by atomic mass is 16.3. The summed E-state index contributed by atoms with van der Waals surface area (Å²) >= 11 is 0. The lowest BCUT2D eigenvalue weighted by atomic mass is 9.87. The molecule has 1 aliphatic carbocycles. The number of aliphatic hydroxyl groups excluding tert-OH is 1. The van der Waals surface area contributed by atoms with Crippen molar-refractivity contribution >= 4 is 0 Å². The summed E-state index contributed by atoms with van der Waals surface area (Å²) in [4.78, 5) is 2.20. The highest BCUT2D eigenvalue weighted by Gasteiger charge is 2.14. The van der Waals surface area contributed by atoms with Gasteiger partial charge < -0.3 is 15.7 Å². The van der Waals surface area contributed by atoms with Crippen molar-refractivity contribution in [1.29, 1.82) is 0 Å². The Labute approximate surface area is 93.6 Å². The predicted octanol–water partition coefficient (Wildman–Crippen LogP) is 1.21. The summed E-state index contributed by atoms with van der Waals surface area (Å²) in [5.41, 5.74) is 5.38. The van der Waals surface area contributed by atoms with Crippen LogP contribution in [0.3, 0.4) is 0 Å². The third kappa shape index (κ3) is 5.50. The number of hydrogen-bond acceptors (Lipinski definition) is 3. The fraction of sp³-hybridized carbons (Fsp3) is 1.00. The minimum atomic E-state index is -0.360. The smallest absolute Gasteiger partial charge is 0.0788 e. The van der Waals surface area contributed by atoms with Gasteiger partial charge in [0, 0.05) is 13.1 Å². The quantitative estimate of drug-likeness (QED) is 0.698. The van der Waals surface area contributed by atoms with E-state index in [1.54, 1.807) is 0 Å². The molecule has 3 heteroatoms. The Morgan fingerprint density at radius 3 is 2.60 bits per heavy atom. The zero-order chi connectivity index (χ0) is 11.1. The van der Waals surface area contributed by atoms with Crippen LogP contribution in [-0.2, 0) is 0 Å². The van der Waals surface area contributed by atoms with Crippen LogP contribution in [0.15, 0.2) is 0 Å². The molecule has 0 amide bonds. The molecule has 0 spiro atoms. The Morgan fingerprint density at radius 2 is 2.00 bits per heavy atom. The van der Waals surface area contributed by atoms with Crippen LogP contribution in [0.2, 0.25) is 0 Å². The van der Waals surface area contributed by atoms with E-state index in [1.807, 2.05) is 0 Å². The second-order valence-electron chi connectivity index (χ2n) is 4.94. The molecule has 0 aromatic carbocycles. The Hall–Kier alpha value is -0.120. The van der Waals surface area contributed by atoms with E-state index in [-0.39, 0.29) is 6.10 Å². The van der Waals surface area contributed by atoms with E-state index in [4.69, 9.17) is 5.73 Å². The van der Waals surface area contributed by atoms with E-state index in [0.717, 1.165) is 12.5 Å². The Balaban J connectivity index is 2.07. The van der Waals surface area contributed by atoms with Crippen molar-refractivity contribution in [3.8, 4) is 0 Å². The molecule has 1 atom stereocenters. The van der Waals surface area contributed by atoms with E-state index < -0.39 is 0 Å². The van der Waals surface area contributed by atoms with Crippen LogP contribution < -0.4 is 5.73 Å². The molecule has 0 radical (unpaired) electrons.